The first-order valence-corrected chi connectivity index (χ1v) is 8.28. The van der Waals surface area contributed by atoms with E-state index in [2.05, 4.69) is 16.5 Å². The van der Waals surface area contributed by atoms with Gasteiger partial charge < -0.3 is 10.6 Å². The summed E-state index contributed by atoms with van der Waals surface area (Å²) in [5, 5.41) is 0. The third kappa shape index (κ3) is 3.36. The Bertz CT molecular complexity index is 675. The minimum absolute atomic E-state index is 0.445. The van der Waals surface area contributed by atoms with Crippen molar-refractivity contribution in [3.63, 3.8) is 0 Å². The zero-order valence-corrected chi connectivity index (χ0v) is 13.7. The summed E-state index contributed by atoms with van der Waals surface area (Å²) in [5.41, 5.74) is 9.84. The van der Waals surface area contributed by atoms with Crippen LogP contribution in [-0.4, -0.2) is 16.0 Å². The molecule has 1 saturated carbocycles. The standard InChI is InChI=1S/C19H24N4/c1-14(2)23(16-8-4-3-5-9-16)19-17(20)10-11-18(22-19)15-7-6-12-21-13-15/h6-7,10-13,16H,1,3-5,8-9,20H2,2H3. The lowest BCUT2D eigenvalue weighted by molar-refractivity contribution is 0.428. The molecule has 0 amide bonds. The molecule has 0 bridgehead atoms. The molecule has 0 aromatic carbocycles. The van der Waals surface area contributed by atoms with Gasteiger partial charge in [-0.2, -0.15) is 0 Å². The Morgan fingerprint density at radius 2 is 2.00 bits per heavy atom. The van der Waals surface area contributed by atoms with E-state index in [-0.39, 0.29) is 0 Å². The van der Waals surface area contributed by atoms with Crippen LogP contribution in [0.15, 0.2) is 48.9 Å². The fourth-order valence-electron chi connectivity index (χ4n) is 3.33. The van der Waals surface area contributed by atoms with Gasteiger partial charge in [0.2, 0.25) is 0 Å². The van der Waals surface area contributed by atoms with Crippen LogP contribution in [0.1, 0.15) is 39.0 Å². The lowest BCUT2D eigenvalue weighted by Crippen LogP contribution is -2.36. The molecule has 4 heteroatoms. The average molecular weight is 308 g/mol. The highest BCUT2D eigenvalue weighted by Crippen LogP contribution is 2.33. The van der Waals surface area contributed by atoms with E-state index in [1.165, 1.54) is 32.1 Å². The second-order valence-corrected chi connectivity index (χ2v) is 6.25. The first-order valence-electron chi connectivity index (χ1n) is 8.28. The van der Waals surface area contributed by atoms with Crippen molar-refractivity contribution in [3.05, 3.63) is 48.9 Å². The predicted molar refractivity (Wildman–Crippen MR) is 96.0 cm³/mol. The van der Waals surface area contributed by atoms with Crippen LogP contribution in [0.2, 0.25) is 0 Å². The lowest BCUT2D eigenvalue weighted by Gasteiger charge is -2.36. The lowest BCUT2D eigenvalue weighted by atomic mass is 9.93. The Morgan fingerprint density at radius 3 is 2.65 bits per heavy atom. The molecule has 2 aromatic heterocycles. The third-order valence-electron chi connectivity index (χ3n) is 4.44. The molecule has 4 nitrogen and oxygen atoms in total. The number of allylic oxidation sites excluding steroid dienone is 1. The predicted octanol–water partition coefficient (Wildman–Crippen LogP) is 4.40. The van der Waals surface area contributed by atoms with Crippen molar-refractivity contribution in [2.75, 3.05) is 10.6 Å². The van der Waals surface area contributed by atoms with Gasteiger partial charge in [0.25, 0.3) is 0 Å². The highest BCUT2D eigenvalue weighted by Gasteiger charge is 2.25. The van der Waals surface area contributed by atoms with E-state index in [9.17, 15) is 0 Å². The van der Waals surface area contributed by atoms with Gasteiger partial charge in [-0.05, 0) is 44.0 Å². The molecule has 2 heterocycles. The van der Waals surface area contributed by atoms with Gasteiger partial charge in [0.15, 0.2) is 5.82 Å². The molecule has 0 atom stereocenters. The number of nitrogen functional groups attached to an aromatic ring is 1. The maximum Gasteiger partial charge on any atom is 0.156 e. The van der Waals surface area contributed by atoms with Crippen molar-refractivity contribution in [1.29, 1.82) is 0 Å². The van der Waals surface area contributed by atoms with Crippen LogP contribution in [0, 0.1) is 0 Å². The molecule has 0 radical (unpaired) electrons. The molecule has 23 heavy (non-hydrogen) atoms. The fourth-order valence-corrected chi connectivity index (χ4v) is 3.33. The minimum atomic E-state index is 0.445. The number of pyridine rings is 2. The van der Waals surface area contributed by atoms with E-state index in [1.54, 1.807) is 6.20 Å². The van der Waals surface area contributed by atoms with Crippen LogP contribution >= 0.6 is 0 Å². The number of nitrogens with zero attached hydrogens (tertiary/aromatic N) is 3. The van der Waals surface area contributed by atoms with Gasteiger partial charge in [-0.1, -0.05) is 25.8 Å². The van der Waals surface area contributed by atoms with Gasteiger partial charge in [0.1, 0.15) is 0 Å². The summed E-state index contributed by atoms with van der Waals surface area (Å²) in [4.78, 5) is 11.3. The molecule has 0 unspecified atom stereocenters. The maximum atomic E-state index is 6.25. The Balaban J connectivity index is 2.00. The number of hydrogen-bond donors (Lipinski definition) is 1. The van der Waals surface area contributed by atoms with Gasteiger partial charge >= 0.3 is 0 Å². The molecule has 1 aliphatic carbocycles. The van der Waals surface area contributed by atoms with Crippen LogP contribution < -0.4 is 10.6 Å². The SMILES string of the molecule is C=C(C)N(c1nc(-c2cccnc2)ccc1N)C1CCCCC1. The van der Waals surface area contributed by atoms with Gasteiger partial charge in [0.05, 0.1) is 11.4 Å². The molecule has 0 spiro atoms. The minimum Gasteiger partial charge on any atom is -0.396 e. The molecule has 1 aliphatic rings. The topological polar surface area (TPSA) is 55.0 Å². The largest absolute Gasteiger partial charge is 0.396 e. The summed E-state index contributed by atoms with van der Waals surface area (Å²) in [6.45, 7) is 6.20. The van der Waals surface area contributed by atoms with E-state index in [4.69, 9.17) is 10.7 Å². The van der Waals surface area contributed by atoms with Crippen molar-refractivity contribution in [1.82, 2.24) is 9.97 Å². The summed E-state index contributed by atoms with van der Waals surface area (Å²) in [5.74, 6) is 0.825. The van der Waals surface area contributed by atoms with E-state index < -0.39 is 0 Å². The smallest absolute Gasteiger partial charge is 0.156 e. The first kappa shape index (κ1) is 15.5. The normalized spacial score (nSPS) is 15.3. The number of nitrogens with two attached hydrogens (primary N) is 1. The van der Waals surface area contributed by atoms with E-state index >= 15 is 0 Å². The van der Waals surface area contributed by atoms with Crippen molar-refractivity contribution >= 4 is 11.5 Å². The Morgan fingerprint density at radius 1 is 1.22 bits per heavy atom. The molecule has 120 valence electrons. The molecule has 2 N–H and O–H groups in total. The zero-order chi connectivity index (χ0) is 16.2. The third-order valence-corrected chi connectivity index (χ3v) is 4.44. The summed E-state index contributed by atoms with van der Waals surface area (Å²) in [7, 11) is 0. The summed E-state index contributed by atoms with van der Waals surface area (Å²) in [6, 6.07) is 8.27. The molecular weight excluding hydrogens is 284 g/mol. The van der Waals surface area contributed by atoms with E-state index in [0.717, 1.165) is 22.8 Å². The van der Waals surface area contributed by atoms with Crippen molar-refractivity contribution in [2.24, 2.45) is 0 Å². The van der Waals surface area contributed by atoms with Gasteiger partial charge in [-0.3, -0.25) is 4.98 Å². The van der Waals surface area contributed by atoms with E-state index in [0.29, 0.717) is 11.7 Å². The highest BCUT2D eigenvalue weighted by molar-refractivity contribution is 5.71. The molecular formula is C19H24N4. The van der Waals surface area contributed by atoms with Gasteiger partial charge in [-0.25, -0.2) is 4.98 Å². The molecule has 3 rings (SSSR count). The van der Waals surface area contributed by atoms with Gasteiger partial charge in [-0.15, -0.1) is 0 Å². The Hall–Kier alpha value is -2.36. The molecule has 1 fully saturated rings. The quantitative estimate of drug-likeness (QED) is 0.909. The van der Waals surface area contributed by atoms with Crippen molar-refractivity contribution < 1.29 is 0 Å². The van der Waals surface area contributed by atoms with Crippen LogP contribution in [0.3, 0.4) is 0 Å². The van der Waals surface area contributed by atoms with Crippen LogP contribution in [-0.2, 0) is 0 Å². The van der Waals surface area contributed by atoms with E-state index in [1.807, 2.05) is 37.4 Å². The van der Waals surface area contributed by atoms with Gasteiger partial charge in [0, 0.05) is 29.7 Å². The Labute approximate surface area is 138 Å². The number of rotatable bonds is 4. The second kappa shape index (κ2) is 6.82. The number of aromatic nitrogens is 2. The van der Waals surface area contributed by atoms with Crippen LogP contribution in [0.25, 0.3) is 11.3 Å². The maximum absolute atomic E-state index is 6.25. The first-order chi connectivity index (χ1) is 11.2. The molecule has 0 saturated heterocycles. The molecule has 2 aromatic rings. The second-order valence-electron chi connectivity index (χ2n) is 6.25. The zero-order valence-electron chi connectivity index (χ0n) is 13.7. The monoisotopic (exact) mass is 308 g/mol. The summed E-state index contributed by atoms with van der Waals surface area (Å²) >= 11 is 0. The number of hydrogen-bond acceptors (Lipinski definition) is 4. The van der Waals surface area contributed by atoms with Crippen molar-refractivity contribution in [2.45, 2.75) is 45.1 Å². The number of anilines is 2. The van der Waals surface area contributed by atoms with Crippen LogP contribution in [0.4, 0.5) is 11.5 Å². The van der Waals surface area contributed by atoms with Crippen molar-refractivity contribution in [3.8, 4) is 11.3 Å². The van der Waals surface area contributed by atoms with Crippen LogP contribution in [0.5, 0.6) is 0 Å². The summed E-state index contributed by atoms with van der Waals surface area (Å²) < 4.78 is 0. The Kier molecular flexibility index (Phi) is 4.60. The summed E-state index contributed by atoms with van der Waals surface area (Å²) in [6.07, 6.45) is 9.78. The average Bonchev–Trinajstić information content (AvgIpc) is 2.58. The highest BCUT2D eigenvalue weighted by atomic mass is 15.2. The fraction of sp³-hybridized carbons (Fsp3) is 0.368. The molecule has 0 aliphatic heterocycles.